The van der Waals surface area contributed by atoms with Gasteiger partial charge in [-0.2, -0.15) is 0 Å². The molecule has 0 aromatic rings. The summed E-state index contributed by atoms with van der Waals surface area (Å²) in [6, 6.07) is 0. The zero-order chi connectivity index (χ0) is 9.31. The highest BCUT2D eigenvalue weighted by molar-refractivity contribution is 5.65. The fraction of sp³-hybridized carbons (Fsp3) is 0.909. The maximum atomic E-state index is 10.6. The smallest absolute Gasteiger partial charge is 0.302 e. The third-order valence-corrected chi connectivity index (χ3v) is 3.70. The molecule has 2 aliphatic rings. The van der Waals surface area contributed by atoms with Gasteiger partial charge in [-0.25, -0.2) is 0 Å². The van der Waals surface area contributed by atoms with Gasteiger partial charge < -0.3 is 4.74 Å². The van der Waals surface area contributed by atoms with Gasteiger partial charge in [-0.1, -0.05) is 19.3 Å². The highest BCUT2D eigenvalue weighted by Crippen LogP contribution is 2.61. The van der Waals surface area contributed by atoms with Crippen molar-refractivity contribution in [1.29, 1.82) is 0 Å². The molecular formula is C11H18O2. The molecule has 0 radical (unpaired) electrons. The second-order valence-corrected chi connectivity index (χ2v) is 4.63. The zero-order valence-corrected chi connectivity index (χ0v) is 8.34. The predicted octanol–water partition coefficient (Wildman–Crippen LogP) is 2.52. The van der Waals surface area contributed by atoms with Crippen molar-refractivity contribution in [2.45, 2.75) is 45.4 Å². The van der Waals surface area contributed by atoms with E-state index in [1.807, 2.05) is 0 Å². The van der Waals surface area contributed by atoms with Crippen LogP contribution in [0.4, 0.5) is 0 Å². The molecule has 13 heavy (non-hydrogen) atoms. The van der Waals surface area contributed by atoms with Crippen LogP contribution in [0.2, 0.25) is 0 Å². The van der Waals surface area contributed by atoms with Crippen LogP contribution in [0.5, 0.6) is 0 Å². The van der Waals surface area contributed by atoms with Gasteiger partial charge in [0.05, 0.1) is 6.61 Å². The first-order valence-electron chi connectivity index (χ1n) is 5.36. The minimum Gasteiger partial charge on any atom is -0.466 e. The highest BCUT2D eigenvalue weighted by atomic mass is 16.5. The minimum atomic E-state index is -0.127. The Kier molecular flexibility index (Phi) is 2.31. The van der Waals surface area contributed by atoms with Gasteiger partial charge in [-0.3, -0.25) is 4.79 Å². The van der Waals surface area contributed by atoms with E-state index in [4.69, 9.17) is 4.74 Å². The van der Waals surface area contributed by atoms with Gasteiger partial charge in [-0.15, -0.1) is 0 Å². The summed E-state index contributed by atoms with van der Waals surface area (Å²) in [6.45, 7) is 2.17. The van der Waals surface area contributed by atoms with Gasteiger partial charge >= 0.3 is 5.97 Å². The molecule has 0 aliphatic heterocycles. The van der Waals surface area contributed by atoms with E-state index in [0.29, 0.717) is 17.9 Å². The Balaban J connectivity index is 1.76. The van der Waals surface area contributed by atoms with Crippen LogP contribution in [-0.2, 0) is 9.53 Å². The van der Waals surface area contributed by atoms with E-state index < -0.39 is 0 Å². The monoisotopic (exact) mass is 182 g/mol. The third-order valence-electron chi connectivity index (χ3n) is 3.70. The number of hydrogen-bond acceptors (Lipinski definition) is 2. The lowest BCUT2D eigenvalue weighted by molar-refractivity contribution is -0.141. The van der Waals surface area contributed by atoms with Crippen LogP contribution in [0.25, 0.3) is 0 Å². The molecule has 2 saturated carbocycles. The number of ether oxygens (including phenoxy) is 1. The Labute approximate surface area is 79.7 Å². The lowest BCUT2D eigenvalue weighted by atomic mass is 9.84. The van der Waals surface area contributed by atoms with E-state index in [0.717, 1.165) is 0 Å². The summed E-state index contributed by atoms with van der Waals surface area (Å²) >= 11 is 0. The lowest BCUT2D eigenvalue weighted by Gasteiger charge is -2.22. The first-order valence-corrected chi connectivity index (χ1v) is 5.36. The van der Waals surface area contributed by atoms with Crippen molar-refractivity contribution in [3.8, 4) is 0 Å². The average molecular weight is 182 g/mol. The number of esters is 1. The topological polar surface area (TPSA) is 26.3 Å². The Hall–Kier alpha value is -0.530. The third kappa shape index (κ3) is 1.87. The van der Waals surface area contributed by atoms with Gasteiger partial charge in [0.15, 0.2) is 0 Å². The molecule has 1 atom stereocenters. The quantitative estimate of drug-likeness (QED) is 0.613. The Morgan fingerprint density at radius 3 is 2.69 bits per heavy atom. The van der Waals surface area contributed by atoms with Crippen LogP contribution < -0.4 is 0 Å². The lowest BCUT2D eigenvalue weighted by Crippen LogP contribution is -2.13. The molecule has 0 saturated heterocycles. The molecule has 2 nitrogen and oxygen atoms in total. The van der Waals surface area contributed by atoms with Crippen molar-refractivity contribution >= 4 is 5.97 Å². The fourth-order valence-electron chi connectivity index (χ4n) is 2.75. The normalized spacial score (nSPS) is 30.1. The van der Waals surface area contributed by atoms with Gasteiger partial charge in [0, 0.05) is 6.92 Å². The molecule has 2 rings (SSSR count). The van der Waals surface area contributed by atoms with E-state index in [1.54, 1.807) is 0 Å². The van der Waals surface area contributed by atoms with E-state index in [2.05, 4.69) is 0 Å². The van der Waals surface area contributed by atoms with Crippen LogP contribution in [0.15, 0.2) is 0 Å². The second kappa shape index (κ2) is 3.32. The Bertz CT molecular complexity index is 204. The molecule has 0 amide bonds. The molecule has 0 heterocycles. The molecule has 2 heteroatoms. The molecule has 0 bridgehead atoms. The van der Waals surface area contributed by atoms with Gasteiger partial charge in [0.25, 0.3) is 0 Å². The second-order valence-electron chi connectivity index (χ2n) is 4.63. The van der Waals surface area contributed by atoms with Crippen molar-refractivity contribution in [3.05, 3.63) is 0 Å². The molecule has 0 aromatic carbocycles. The first kappa shape index (κ1) is 9.04. The predicted molar refractivity (Wildman–Crippen MR) is 50.3 cm³/mol. The van der Waals surface area contributed by atoms with Crippen LogP contribution in [0, 0.1) is 11.3 Å². The fourth-order valence-corrected chi connectivity index (χ4v) is 2.75. The largest absolute Gasteiger partial charge is 0.466 e. The average Bonchev–Trinajstić information content (AvgIpc) is 2.77. The number of hydrogen-bond donors (Lipinski definition) is 0. The molecule has 2 aliphatic carbocycles. The van der Waals surface area contributed by atoms with Crippen LogP contribution in [0.1, 0.15) is 45.4 Å². The summed E-state index contributed by atoms with van der Waals surface area (Å²) in [5.41, 5.74) is 0.605. The zero-order valence-electron chi connectivity index (χ0n) is 8.34. The minimum absolute atomic E-state index is 0.127. The van der Waals surface area contributed by atoms with E-state index in [9.17, 15) is 4.79 Å². The van der Waals surface area contributed by atoms with Crippen LogP contribution in [0.3, 0.4) is 0 Å². The van der Waals surface area contributed by atoms with Crippen molar-refractivity contribution in [3.63, 3.8) is 0 Å². The number of carbonyl (C=O) groups is 1. The molecule has 74 valence electrons. The van der Waals surface area contributed by atoms with Gasteiger partial charge in [0.1, 0.15) is 0 Å². The summed E-state index contributed by atoms with van der Waals surface area (Å²) in [6.07, 6.45) is 8.23. The van der Waals surface area contributed by atoms with Crippen LogP contribution >= 0.6 is 0 Å². The van der Waals surface area contributed by atoms with Crippen molar-refractivity contribution in [1.82, 2.24) is 0 Å². The van der Waals surface area contributed by atoms with Crippen molar-refractivity contribution in [2.24, 2.45) is 11.3 Å². The molecule has 1 unspecified atom stereocenters. The number of carbonyl (C=O) groups excluding carboxylic acids is 1. The maximum Gasteiger partial charge on any atom is 0.302 e. The van der Waals surface area contributed by atoms with Gasteiger partial charge in [-0.05, 0) is 30.6 Å². The van der Waals surface area contributed by atoms with E-state index in [-0.39, 0.29) is 5.97 Å². The molecular weight excluding hydrogens is 164 g/mol. The summed E-state index contributed by atoms with van der Waals surface area (Å²) < 4.78 is 5.05. The first-order chi connectivity index (χ1) is 6.23. The van der Waals surface area contributed by atoms with Crippen molar-refractivity contribution < 1.29 is 9.53 Å². The van der Waals surface area contributed by atoms with Crippen LogP contribution in [-0.4, -0.2) is 12.6 Å². The van der Waals surface area contributed by atoms with Crippen molar-refractivity contribution in [2.75, 3.05) is 6.61 Å². The van der Waals surface area contributed by atoms with Gasteiger partial charge in [0.2, 0.25) is 0 Å². The highest BCUT2D eigenvalue weighted by Gasteiger charge is 2.53. The molecule has 0 N–H and O–H groups in total. The standard InChI is InChI=1S/C11H18O2/c1-9(12)13-8-10-7-11(10)5-3-2-4-6-11/h10H,2-8H2,1H3. The Morgan fingerprint density at radius 1 is 1.38 bits per heavy atom. The van der Waals surface area contributed by atoms with E-state index >= 15 is 0 Å². The summed E-state index contributed by atoms with van der Waals surface area (Å²) in [5.74, 6) is 0.564. The summed E-state index contributed by atoms with van der Waals surface area (Å²) in [5, 5.41) is 0. The number of rotatable bonds is 2. The SMILES string of the molecule is CC(=O)OCC1CC12CCCCC2. The summed E-state index contributed by atoms with van der Waals surface area (Å²) in [4.78, 5) is 10.6. The van der Waals surface area contributed by atoms with E-state index in [1.165, 1.54) is 45.4 Å². The molecule has 1 spiro atoms. The summed E-state index contributed by atoms with van der Waals surface area (Å²) in [7, 11) is 0. The molecule has 2 fully saturated rings. The Morgan fingerprint density at radius 2 is 2.08 bits per heavy atom. The molecule has 0 aromatic heterocycles. The maximum absolute atomic E-state index is 10.6.